The van der Waals surface area contributed by atoms with E-state index in [2.05, 4.69) is 68.7 Å². The maximum absolute atomic E-state index is 4.08. The third-order valence-corrected chi connectivity index (χ3v) is 4.48. The fourth-order valence-electron chi connectivity index (χ4n) is 2.85. The zero-order valence-corrected chi connectivity index (χ0v) is 12.9. The van der Waals surface area contributed by atoms with Crippen LogP contribution in [0.25, 0.3) is 11.1 Å². The number of nitrogens with one attached hydrogen (secondary N) is 1. The Hall–Kier alpha value is -2.13. The maximum atomic E-state index is 4.08. The minimum atomic E-state index is 0.966. The molecule has 4 rings (SSSR count). The lowest BCUT2D eigenvalue weighted by Crippen LogP contribution is -1.93. The molecule has 0 unspecified atom stereocenters. The molecule has 1 aliphatic carbocycles. The molecule has 1 aromatic heterocycles. The van der Waals surface area contributed by atoms with Gasteiger partial charge in [-0.05, 0) is 62.8 Å². The van der Waals surface area contributed by atoms with Gasteiger partial charge in [-0.15, -0.1) is 0 Å². The Bertz CT molecular complexity index is 827. The molecule has 0 saturated carbocycles. The number of rotatable bonds is 2. The summed E-state index contributed by atoms with van der Waals surface area (Å²) in [7, 11) is 0. The van der Waals surface area contributed by atoms with Gasteiger partial charge in [0.25, 0.3) is 0 Å². The summed E-state index contributed by atoms with van der Waals surface area (Å²) < 4.78 is 0.966. The fourth-order valence-corrected chi connectivity index (χ4v) is 3.20. The molecule has 0 radical (unpaired) electrons. The first-order valence-corrected chi connectivity index (χ1v) is 7.68. The Morgan fingerprint density at radius 2 is 1.81 bits per heavy atom. The quantitative estimate of drug-likeness (QED) is 0.547. The van der Waals surface area contributed by atoms with Crippen molar-refractivity contribution in [3.8, 4) is 11.1 Å². The molecule has 2 aromatic carbocycles. The summed E-state index contributed by atoms with van der Waals surface area (Å²) in [6.07, 6.45) is 4.60. The highest BCUT2D eigenvalue weighted by Crippen LogP contribution is 2.38. The highest BCUT2D eigenvalue weighted by atomic mass is 79.9. The number of hydrogen-bond acceptors (Lipinski definition) is 2. The van der Waals surface area contributed by atoms with E-state index < -0.39 is 0 Å². The van der Waals surface area contributed by atoms with Gasteiger partial charge in [0.15, 0.2) is 0 Å². The highest BCUT2D eigenvalue weighted by molar-refractivity contribution is 9.10. The van der Waals surface area contributed by atoms with Crippen molar-refractivity contribution >= 4 is 27.3 Å². The van der Waals surface area contributed by atoms with Gasteiger partial charge in [-0.2, -0.15) is 0 Å². The first-order chi connectivity index (χ1) is 10.3. The van der Waals surface area contributed by atoms with Gasteiger partial charge in [-0.1, -0.05) is 30.3 Å². The molecule has 3 aromatic rings. The third-order valence-electron chi connectivity index (χ3n) is 3.85. The smallest absolute Gasteiger partial charge is 0.0593 e. The summed E-state index contributed by atoms with van der Waals surface area (Å²) in [6.45, 7) is 0. The van der Waals surface area contributed by atoms with Crippen LogP contribution in [0.1, 0.15) is 11.1 Å². The van der Waals surface area contributed by atoms with Crippen LogP contribution in [0.3, 0.4) is 0 Å². The Kier molecular flexibility index (Phi) is 3.00. The number of hydrogen-bond donors (Lipinski definition) is 1. The van der Waals surface area contributed by atoms with Crippen LogP contribution in [0.15, 0.2) is 65.4 Å². The van der Waals surface area contributed by atoms with Crippen LogP contribution in [-0.2, 0) is 6.42 Å². The number of pyridine rings is 1. The van der Waals surface area contributed by atoms with Gasteiger partial charge >= 0.3 is 0 Å². The topological polar surface area (TPSA) is 24.9 Å². The first kappa shape index (κ1) is 12.6. The molecule has 2 nitrogen and oxygen atoms in total. The Morgan fingerprint density at radius 1 is 0.952 bits per heavy atom. The molecule has 1 N–H and O–H groups in total. The average molecular weight is 337 g/mol. The minimum Gasteiger partial charge on any atom is -0.355 e. The van der Waals surface area contributed by atoms with Gasteiger partial charge in [-0.3, -0.25) is 4.98 Å². The van der Waals surface area contributed by atoms with E-state index in [9.17, 15) is 0 Å². The van der Waals surface area contributed by atoms with Crippen LogP contribution in [0.2, 0.25) is 0 Å². The predicted octanol–water partition coefficient (Wildman–Crippen LogP) is 5.16. The van der Waals surface area contributed by atoms with Crippen molar-refractivity contribution in [3.05, 3.63) is 76.5 Å². The van der Waals surface area contributed by atoms with E-state index in [0.29, 0.717) is 0 Å². The average Bonchev–Trinajstić information content (AvgIpc) is 2.87. The van der Waals surface area contributed by atoms with Gasteiger partial charge in [0.05, 0.1) is 10.2 Å². The predicted molar refractivity (Wildman–Crippen MR) is 89.9 cm³/mol. The molecule has 0 amide bonds. The molecule has 0 saturated heterocycles. The van der Waals surface area contributed by atoms with Gasteiger partial charge in [0.1, 0.15) is 0 Å². The monoisotopic (exact) mass is 336 g/mol. The Labute approximate surface area is 132 Å². The third kappa shape index (κ3) is 2.24. The molecular formula is C18H13BrN2. The molecule has 1 aliphatic rings. The summed E-state index contributed by atoms with van der Waals surface area (Å²) in [5.74, 6) is 0. The molecule has 3 heteroatoms. The second kappa shape index (κ2) is 5.01. The van der Waals surface area contributed by atoms with Crippen LogP contribution in [0.4, 0.5) is 11.4 Å². The van der Waals surface area contributed by atoms with Crippen molar-refractivity contribution < 1.29 is 0 Å². The Morgan fingerprint density at radius 3 is 2.71 bits per heavy atom. The molecule has 21 heavy (non-hydrogen) atoms. The molecule has 0 fully saturated rings. The lowest BCUT2D eigenvalue weighted by molar-refractivity contribution is 1.26. The van der Waals surface area contributed by atoms with Gasteiger partial charge in [0.2, 0.25) is 0 Å². The van der Waals surface area contributed by atoms with Crippen molar-refractivity contribution in [2.24, 2.45) is 0 Å². The minimum absolute atomic E-state index is 0.966. The van der Waals surface area contributed by atoms with E-state index in [4.69, 9.17) is 0 Å². The van der Waals surface area contributed by atoms with Crippen molar-refractivity contribution in [2.75, 3.05) is 5.32 Å². The lowest BCUT2D eigenvalue weighted by Gasteiger charge is -2.10. The number of aromatic nitrogens is 1. The van der Waals surface area contributed by atoms with Gasteiger partial charge in [0, 0.05) is 18.1 Å². The zero-order valence-electron chi connectivity index (χ0n) is 11.3. The summed E-state index contributed by atoms with van der Waals surface area (Å²) in [4.78, 5) is 4.08. The van der Waals surface area contributed by atoms with E-state index in [0.717, 1.165) is 22.3 Å². The molecule has 0 bridgehead atoms. The van der Waals surface area contributed by atoms with Crippen molar-refractivity contribution in [1.82, 2.24) is 4.98 Å². The van der Waals surface area contributed by atoms with E-state index in [1.165, 1.54) is 22.3 Å². The van der Waals surface area contributed by atoms with Crippen molar-refractivity contribution in [3.63, 3.8) is 0 Å². The van der Waals surface area contributed by atoms with E-state index >= 15 is 0 Å². The van der Waals surface area contributed by atoms with Crippen LogP contribution in [0.5, 0.6) is 0 Å². The highest BCUT2D eigenvalue weighted by Gasteiger charge is 2.17. The van der Waals surface area contributed by atoms with Crippen LogP contribution < -0.4 is 5.32 Å². The van der Waals surface area contributed by atoms with E-state index in [1.807, 2.05) is 6.07 Å². The van der Waals surface area contributed by atoms with E-state index in [-0.39, 0.29) is 0 Å². The number of anilines is 2. The normalized spacial score (nSPS) is 11.9. The molecule has 102 valence electrons. The maximum Gasteiger partial charge on any atom is 0.0593 e. The van der Waals surface area contributed by atoms with Gasteiger partial charge in [-0.25, -0.2) is 0 Å². The summed E-state index contributed by atoms with van der Waals surface area (Å²) in [5.41, 5.74) is 7.64. The fraction of sp³-hybridized carbons (Fsp3) is 0.0556. The summed E-state index contributed by atoms with van der Waals surface area (Å²) in [6, 6.07) is 17.2. The van der Waals surface area contributed by atoms with E-state index in [1.54, 1.807) is 12.4 Å². The van der Waals surface area contributed by atoms with Crippen molar-refractivity contribution in [1.29, 1.82) is 0 Å². The second-order valence-corrected chi connectivity index (χ2v) is 6.04. The van der Waals surface area contributed by atoms with Crippen LogP contribution in [0, 0.1) is 0 Å². The molecule has 0 aliphatic heterocycles. The number of benzene rings is 2. The van der Waals surface area contributed by atoms with Crippen LogP contribution >= 0.6 is 15.9 Å². The van der Waals surface area contributed by atoms with Crippen molar-refractivity contribution in [2.45, 2.75) is 6.42 Å². The second-order valence-electron chi connectivity index (χ2n) is 5.19. The molecular weight excluding hydrogens is 324 g/mol. The zero-order chi connectivity index (χ0) is 14.2. The van der Waals surface area contributed by atoms with Crippen LogP contribution in [-0.4, -0.2) is 4.98 Å². The first-order valence-electron chi connectivity index (χ1n) is 6.89. The summed E-state index contributed by atoms with van der Waals surface area (Å²) >= 11 is 3.51. The standard InChI is InChI=1S/C18H13BrN2/c19-17-11-20-8-7-18(17)21-14-5-6-16-13(10-14)9-12-3-1-2-4-15(12)16/h1-8,10-11H,9H2,(H,20,21). The number of halogens is 1. The molecule has 0 spiro atoms. The molecule has 1 heterocycles. The Balaban J connectivity index is 1.69. The SMILES string of the molecule is Brc1cnccc1Nc1ccc2c(c1)Cc1ccccc1-2. The largest absolute Gasteiger partial charge is 0.355 e. The lowest BCUT2D eigenvalue weighted by atomic mass is 10.1. The summed E-state index contributed by atoms with van der Waals surface area (Å²) in [5, 5.41) is 3.44. The van der Waals surface area contributed by atoms with Gasteiger partial charge < -0.3 is 5.32 Å². The number of nitrogens with zero attached hydrogens (tertiary/aromatic N) is 1. The molecule has 0 atom stereocenters. The number of fused-ring (bicyclic) bond motifs is 3.